The van der Waals surface area contributed by atoms with Gasteiger partial charge >= 0.3 is 0 Å². The zero-order valence-electron chi connectivity index (χ0n) is 21.2. The third-order valence-electron chi connectivity index (χ3n) is 5.40. The predicted octanol–water partition coefficient (Wildman–Crippen LogP) is 4.39. The van der Waals surface area contributed by atoms with E-state index in [1.165, 1.54) is 0 Å². The summed E-state index contributed by atoms with van der Waals surface area (Å²) in [5.74, 6) is 2.77. The summed E-state index contributed by atoms with van der Waals surface area (Å²) in [5.41, 5.74) is 2.42. The van der Waals surface area contributed by atoms with E-state index in [2.05, 4.69) is 30.7 Å². The molecule has 3 heterocycles. The summed E-state index contributed by atoms with van der Waals surface area (Å²) in [6.07, 6.45) is 5.13. The van der Waals surface area contributed by atoms with E-state index in [0.717, 1.165) is 5.56 Å². The van der Waals surface area contributed by atoms with Gasteiger partial charge in [-0.3, -0.25) is 9.48 Å². The van der Waals surface area contributed by atoms with Crippen LogP contribution in [-0.2, 0) is 11.8 Å². The average Bonchev–Trinajstić information content (AvgIpc) is 3.35. The number of pyridine rings is 2. The van der Waals surface area contributed by atoms with Crippen LogP contribution in [0.4, 0.5) is 23.0 Å². The van der Waals surface area contributed by atoms with Crippen molar-refractivity contribution in [3.05, 3.63) is 60.7 Å². The van der Waals surface area contributed by atoms with E-state index in [0.29, 0.717) is 65.5 Å². The van der Waals surface area contributed by atoms with Crippen LogP contribution in [0, 0.1) is 0 Å². The number of nitrogens with one attached hydrogen (secondary N) is 2. The second kappa shape index (κ2) is 12.0. The Balaban J connectivity index is 1.62. The molecule has 1 aromatic carbocycles. The molecule has 192 valence electrons. The van der Waals surface area contributed by atoms with E-state index in [9.17, 15) is 4.79 Å². The molecule has 0 saturated heterocycles. The largest absolute Gasteiger partial charge is 0.494 e. The Morgan fingerprint density at radius 2 is 1.81 bits per heavy atom. The predicted molar refractivity (Wildman–Crippen MR) is 140 cm³/mol. The van der Waals surface area contributed by atoms with Crippen LogP contribution in [0.25, 0.3) is 11.4 Å². The molecule has 0 amide bonds. The van der Waals surface area contributed by atoms with Crippen LogP contribution in [0.15, 0.2) is 55.1 Å². The maximum Gasteiger partial charge on any atom is 0.184 e. The van der Waals surface area contributed by atoms with Gasteiger partial charge in [0.1, 0.15) is 30.3 Å². The molecule has 0 atom stereocenters. The maximum atomic E-state index is 12.7. The van der Waals surface area contributed by atoms with E-state index in [1.54, 1.807) is 62.9 Å². The molecule has 4 aromatic rings. The molecule has 0 spiro atoms. The van der Waals surface area contributed by atoms with Gasteiger partial charge in [-0.05, 0) is 24.3 Å². The van der Waals surface area contributed by atoms with Crippen LogP contribution < -0.4 is 20.1 Å². The number of rotatable bonds is 12. The highest BCUT2D eigenvalue weighted by Gasteiger charge is 2.18. The number of hydrogen-bond donors (Lipinski definition) is 2. The standard InChI is InChI=1S/C26H29N7O4/c1-5-22(34)19-15-28-24(31-23-10-9-17(14-27-23)37-12-11-35-3)13-21(19)30-20-8-6-7-18(25(20)36-4)26-29-16-33(2)32-26/h6-10,13-16H,5,11-12H2,1-4H3,(H2,27,28,30,31). The van der Waals surface area contributed by atoms with Crippen molar-refractivity contribution in [3.63, 3.8) is 0 Å². The molecule has 0 fully saturated rings. The fourth-order valence-electron chi connectivity index (χ4n) is 3.59. The lowest BCUT2D eigenvalue weighted by molar-refractivity contribution is 0.0988. The summed E-state index contributed by atoms with van der Waals surface area (Å²) in [7, 11) is 5.00. The minimum absolute atomic E-state index is 0.0428. The summed E-state index contributed by atoms with van der Waals surface area (Å²) < 4.78 is 17.9. The highest BCUT2D eigenvalue weighted by atomic mass is 16.5. The number of methoxy groups -OCH3 is 2. The van der Waals surface area contributed by atoms with Crippen molar-refractivity contribution >= 4 is 28.8 Å². The molecule has 4 rings (SSSR count). The number of anilines is 4. The first-order chi connectivity index (χ1) is 18.0. The van der Waals surface area contributed by atoms with Crippen LogP contribution in [0.5, 0.6) is 11.5 Å². The summed E-state index contributed by atoms with van der Waals surface area (Å²) in [4.78, 5) is 25.8. The van der Waals surface area contributed by atoms with Crippen molar-refractivity contribution in [1.82, 2.24) is 24.7 Å². The second-order valence-corrected chi connectivity index (χ2v) is 7.99. The van der Waals surface area contributed by atoms with Crippen LogP contribution in [0.2, 0.25) is 0 Å². The Kier molecular flexibility index (Phi) is 8.26. The lowest BCUT2D eigenvalue weighted by Gasteiger charge is -2.17. The molecule has 0 aliphatic carbocycles. The topological polar surface area (TPSA) is 125 Å². The first-order valence-corrected chi connectivity index (χ1v) is 11.7. The van der Waals surface area contributed by atoms with E-state index >= 15 is 0 Å². The van der Waals surface area contributed by atoms with Crippen molar-refractivity contribution in [3.8, 4) is 22.9 Å². The van der Waals surface area contributed by atoms with Crippen LogP contribution in [-0.4, -0.2) is 57.9 Å². The molecule has 0 radical (unpaired) electrons. The monoisotopic (exact) mass is 503 g/mol. The SMILES string of the molecule is CCC(=O)c1cnc(Nc2ccc(OCCOC)cn2)cc1Nc1cccc(-c2ncn(C)n2)c1OC. The molecule has 0 aliphatic heterocycles. The maximum absolute atomic E-state index is 12.7. The second-order valence-electron chi connectivity index (χ2n) is 7.99. The Morgan fingerprint density at radius 3 is 2.49 bits per heavy atom. The number of para-hydroxylation sites is 1. The highest BCUT2D eigenvalue weighted by molar-refractivity contribution is 6.02. The smallest absolute Gasteiger partial charge is 0.184 e. The van der Waals surface area contributed by atoms with Gasteiger partial charge in [-0.1, -0.05) is 13.0 Å². The van der Waals surface area contributed by atoms with E-state index in [-0.39, 0.29) is 5.78 Å². The van der Waals surface area contributed by atoms with Gasteiger partial charge in [0.05, 0.1) is 42.4 Å². The van der Waals surface area contributed by atoms with Crippen LogP contribution in [0.1, 0.15) is 23.7 Å². The van der Waals surface area contributed by atoms with Gasteiger partial charge in [0.15, 0.2) is 17.4 Å². The number of ketones is 1. The minimum Gasteiger partial charge on any atom is -0.494 e. The first-order valence-electron chi connectivity index (χ1n) is 11.7. The van der Waals surface area contributed by atoms with Gasteiger partial charge in [-0.2, -0.15) is 5.10 Å². The molecule has 11 heteroatoms. The molecule has 3 aromatic heterocycles. The van der Waals surface area contributed by atoms with Crippen molar-refractivity contribution in [1.29, 1.82) is 0 Å². The Morgan fingerprint density at radius 1 is 0.973 bits per heavy atom. The molecule has 0 bridgehead atoms. The minimum atomic E-state index is -0.0428. The van der Waals surface area contributed by atoms with Crippen molar-refractivity contribution < 1.29 is 19.0 Å². The van der Waals surface area contributed by atoms with Gasteiger partial charge in [0.25, 0.3) is 0 Å². The van der Waals surface area contributed by atoms with Crippen LogP contribution in [0.3, 0.4) is 0 Å². The molecule has 0 aliphatic rings. The van der Waals surface area contributed by atoms with E-state index in [4.69, 9.17) is 14.2 Å². The van der Waals surface area contributed by atoms with Gasteiger partial charge in [0, 0.05) is 32.8 Å². The van der Waals surface area contributed by atoms with Gasteiger partial charge in [0.2, 0.25) is 0 Å². The zero-order valence-corrected chi connectivity index (χ0v) is 21.2. The van der Waals surface area contributed by atoms with Gasteiger partial charge in [-0.25, -0.2) is 15.0 Å². The number of hydrogen-bond acceptors (Lipinski definition) is 10. The molecule has 11 nitrogen and oxygen atoms in total. The molecule has 2 N–H and O–H groups in total. The third-order valence-corrected chi connectivity index (χ3v) is 5.40. The summed E-state index contributed by atoms with van der Waals surface area (Å²) >= 11 is 0. The number of Topliss-reactive ketones (excluding diaryl/α,β-unsaturated/α-hetero) is 1. The molecular weight excluding hydrogens is 474 g/mol. The number of carbonyl (C=O) groups excluding carboxylic acids is 1. The Hall–Kier alpha value is -4.51. The zero-order chi connectivity index (χ0) is 26.2. The number of aromatic nitrogens is 5. The number of carbonyl (C=O) groups is 1. The lowest BCUT2D eigenvalue weighted by Crippen LogP contribution is -2.07. The number of nitrogens with zero attached hydrogens (tertiary/aromatic N) is 5. The number of ether oxygens (including phenoxy) is 3. The first kappa shape index (κ1) is 25.6. The fraction of sp³-hybridized carbons (Fsp3) is 0.269. The van der Waals surface area contributed by atoms with Crippen LogP contribution >= 0.6 is 0 Å². The molecule has 0 saturated carbocycles. The summed E-state index contributed by atoms with van der Waals surface area (Å²) in [5, 5.41) is 10.9. The van der Waals surface area contributed by atoms with Crippen molar-refractivity contribution in [2.24, 2.45) is 7.05 Å². The van der Waals surface area contributed by atoms with Crippen molar-refractivity contribution in [2.45, 2.75) is 13.3 Å². The van der Waals surface area contributed by atoms with Crippen molar-refractivity contribution in [2.75, 3.05) is 38.1 Å². The number of benzene rings is 1. The molecular formula is C26H29N7O4. The quantitative estimate of drug-likeness (QED) is 0.212. The van der Waals surface area contributed by atoms with Gasteiger partial charge in [-0.15, -0.1) is 0 Å². The summed E-state index contributed by atoms with van der Waals surface area (Å²) in [6, 6.07) is 11.0. The van der Waals surface area contributed by atoms with E-state index < -0.39 is 0 Å². The Bertz CT molecular complexity index is 1360. The number of aryl methyl sites for hydroxylation is 1. The van der Waals surface area contributed by atoms with E-state index in [1.807, 2.05) is 25.1 Å². The lowest BCUT2D eigenvalue weighted by atomic mass is 10.1. The molecule has 37 heavy (non-hydrogen) atoms. The molecule has 0 unspecified atom stereocenters. The van der Waals surface area contributed by atoms with Gasteiger partial charge < -0.3 is 24.8 Å². The fourth-order valence-corrected chi connectivity index (χ4v) is 3.59. The highest BCUT2D eigenvalue weighted by Crippen LogP contribution is 2.37. The third kappa shape index (κ3) is 6.19. The normalized spacial score (nSPS) is 10.7. The average molecular weight is 504 g/mol. The Labute approximate surface area is 214 Å². The summed E-state index contributed by atoms with van der Waals surface area (Å²) in [6.45, 7) is 2.75.